The third-order valence-electron chi connectivity index (χ3n) is 2.58. The second-order valence-corrected chi connectivity index (χ2v) is 3.84. The molecule has 1 aromatic heterocycles. The highest BCUT2D eigenvalue weighted by atomic mass is 19.4. The van der Waals surface area contributed by atoms with Crippen LogP contribution < -0.4 is 0 Å². The van der Waals surface area contributed by atoms with Gasteiger partial charge in [-0.2, -0.15) is 13.2 Å². The Labute approximate surface area is 103 Å². The molecule has 94 valence electrons. The largest absolute Gasteiger partial charge is 0.416 e. The van der Waals surface area contributed by atoms with Crippen LogP contribution in [0.3, 0.4) is 0 Å². The molecule has 2 rings (SSSR count). The standard InChI is InChI=1S/C13H11F3N2/c1-2-9-7-17-12(18-8-9)10-3-5-11(6-4-10)13(14,15)16/h3-8H,2H2,1H3. The molecular weight excluding hydrogens is 241 g/mol. The number of benzene rings is 1. The Morgan fingerprint density at radius 2 is 1.56 bits per heavy atom. The van der Waals surface area contributed by atoms with Gasteiger partial charge in [0.25, 0.3) is 0 Å². The number of nitrogens with zero attached hydrogens (tertiary/aromatic N) is 2. The Hall–Kier alpha value is -1.91. The van der Waals surface area contributed by atoms with Crippen molar-refractivity contribution in [1.82, 2.24) is 9.97 Å². The van der Waals surface area contributed by atoms with E-state index in [9.17, 15) is 13.2 Å². The van der Waals surface area contributed by atoms with Crippen LogP contribution in [0, 0.1) is 0 Å². The second kappa shape index (κ2) is 4.76. The van der Waals surface area contributed by atoms with E-state index in [0.29, 0.717) is 11.4 Å². The molecule has 0 aliphatic rings. The van der Waals surface area contributed by atoms with E-state index >= 15 is 0 Å². The Morgan fingerprint density at radius 3 is 2.00 bits per heavy atom. The van der Waals surface area contributed by atoms with Gasteiger partial charge in [-0.05, 0) is 24.1 Å². The predicted octanol–water partition coefficient (Wildman–Crippen LogP) is 3.72. The van der Waals surface area contributed by atoms with Crippen molar-refractivity contribution in [1.29, 1.82) is 0 Å². The summed E-state index contributed by atoms with van der Waals surface area (Å²) >= 11 is 0. The molecule has 0 atom stereocenters. The zero-order valence-electron chi connectivity index (χ0n) is 9.70. The zero-order valence-corrected chi connectivity index (χ0v) is 9.70. The number of hydrogen-bond donors (Lipinski definition) is 0. The first kappa shape index (κ1) is 12.5. The van der Waals surface area contributed by atoms with Crippen LogP contribution in [0.4, 0.5) is 13.2 Å². The quantitative estimate of drug-likeness (QED) is 0.814. The van der Waals surface area contributed by atoms with Crippen molar-refractivity contribution in [3.05, 3.63) is 47.8 Å². The van der Waals surface area contributed by atoms with E-state index in [0.717, 1.165) is 24.1 Å². The van der Waals surface area contributed by atoms with Crippen molar-refractivity contribution in [3.8, 4) is 11.4 Å². The van der Waals surface area contributed by atoms with Crippen molar-refractivity contribution >= 4 is 0 Å². The summed E-state index contributed by atoms with van der Waals surface area (Å²) in [6.07, 6.45) is -0.126. The van der Waals surface area contributed by atoms with Gasteiger partial charge >= 0.3 is 6.18 Å². The van der Waals surface area contributed by atoms with Gasteiger partial charge in [-0.15, -0.1) is 0 Å². The first-order valence-corrected chi connectivity index (χ1v) is 5.49. The van der Waals surface area contributed by atoms with Crippen molar-refractivity contribution in [2.45, 2.75) is 19.5 Å². The highest BCUT2D eigenvalue weighted by Gasteiger charge is 2.30. The minimum atomic E-state index is -4.31. The van der Waals surface area contributed by atoms with Gasteiger partial charge in [0.1, 0.15) is 0 Å². The lowest BCUT2D eigenvalue weighted by Crippen LogP contribution is -2.04. The van der Waals surface area contributed by atoms with Crippen LogP contribution in [0.5, 0.6) is 0 Å². The molecule has 0 unspecified atom stereocenters. The molecule has 1 heterocycles. The van der Waals surface area contributed by atoms with Crippen LogP contribution in [0.25, 0.3) is 11.4 Å². The van der Waals surface area contributed by atoms with E-state index in [-0.39, 0.29) is 0 Å². The summed E-state index contributed by atoms with van der Waals surface area (Å²) in [5, 5.41) is 0. The van der Waals surface area contributed by atoms with E-state index < -0.39 is 11.7 Å². The molecule has 0 aliphatic heterocycles. The molecule has 0 fully saturated rings. The SMILES string of the molecule is CCc1cnc(-c2ccc(C(F)(F)F)cc2)nc1. The summed E-state index contributed by atoms with van der Waals surface area (Å²) in [6.45, 7) is 1.98. The summed E-state index contributed by atoms with van der Waals surface area (Å²) in [6, 6.07) is 4.83. The van der Waals surface area contributed by atoms with Crippen LogP contribution in [0.2, 0.25) is 0 Å². The van der Waals surface area contributed by atoms with Gasteiger partial charge in [-0.25, -0.2) is 9.97 Å². The number of aryl methyl sites for hydroxylation is 1. The summed E-state index contributed by atoms with van der Waals surface area (Å²) < 4.78 is 37.2. The number of alkyl halides is 3. The maximum absolute atomic E-state index is 12.4. The molecular formula is C13H11F3N2. The summed E-state index contributed by atoms with van der Waals surface area (Å²) in [5.74, 6) is 0.431. The van der Waals surface area contributed by atoms with Gasteiger partial charge in [0.15, 0.2) is 5.82 Å². The first-order valence-electron chi connectivity index (χ1n) is 5.49. The van der Waals surface area contributed by atoms with Crippen molar-refractivity contribution in [2.75, 3.05) is 0 Å². The number of rotatable bonds is 2. The molecule has 0 aliphatic carbocycles. The van der Waals surface area contributed by atoms with E-state index in [1.807, 2.05) is 6.92 Å². The molecule has 0 saturated heterocycles. The van der Waals surface area contributed by atoms with Crippen LogP contribution in [0.15, 0.2) is 36.7 Å². The van der Waals surface area contributed by atoms with Crippen molar-refractivity contribution in [3.63, 3.8) is 0 Å². The van der Waals surface area contributed by atoms with E-state index in [4.69, 9.17) is 0 Å². The molecule has 0 N–H and O–H groups in total. The third-order valence-corrected chi connectivity index (χ3v) is 2.58. The molecule has 5 heteroatoms. The lowest BCUT2D eigenvalue weighted by Gasteiger charge is -2.07. The van der Waals surface area contributed by atoms with Crippen LogP contribution in [-0.2, 0) is 12.6 Å². The highest BCUT2D eigenvalue weighted by Crippen LogP contribution is 2.30. The maximum atomic E-state index is 12.4. The Kier molecular flexibility index (Phi) is 3.32. The van der Waals surface area contributed by atoms with E-state index in [2.05, 4.69) is 9.97 Å². The maximum Gasteiger partial charge on any atom is 0.416 e. The third kappa shape index (κ3) is 2.67. The van der Waals surface area contributed by atoms with Crippen molar-refractivity contribution < 1.29 is 13.2 Å². The molecule has 0 radical (unpaired) electrons. The van der Waals surface area contributed by atoms with Crippen LogP contribution in [0.1, 0.15) is 18.1 Å². The van der Waals surface area contributed by atoms with Gasteiger partial charge in [0, 0.05) is 18.0 Å². The lowest BCUT2D eigenvalue weighted by atomic mass is 10.1. The average molecular weight is 252 g/mol. The molecule has 2 aromatic rings. The topological polar surface area (TPSA) is 25.8 Å². The summed E-state index contributed by atoms with van der Waals surface area (Å²) in [7, 11) is 0. The Balaban J connectivity index is 2.28. The van der Waals surface area contributed by atoms with Gasteiger partial charge in [0.05, 0.1) is 5.56 Å². The van der Waals surface area contributed by atoms with Crippen LogP contribution in [-0.4, -0.2) is 9.97 Å². The number of hydrogen-bond acceptors (Lipinski definition) is 2. The van der Waals surface area contributed by atoms with Crippen molar-refractivity contribution in [2.24, 2.45) is 0 Å². The van der Waals surface area contributed by atoms with Gasteiger partial charge < -0.3 is 0 Å². The minimum Gasteiger partial charge on any atom is -0.236 e. The molecule has 0 bridgehead atoms. The average Bonchev–Trinajstić information content (AvgIpc) is 2.38. The Bertz CT molecular complexity index is 515. The molecule has 1 aromatic carbocycles. The molecule has 18 heavy (non-hydrogen) atoms. The first-order chi connectivity index (χ1) is 8.50. The smallest absolute Gasteiger partial charge is 0.236 e. The van der Waals surface area contributed by atoms with E-state index in [1.54, 1.807) is 12.4 Å². The molecule has 0 saturated carbocycles. The zero-order chi connectivity index (χ0) is 13.2. The fraction of sp³-hybridized carbons (Fsp3) is 0.231. The normalized spacial score (nSPS) is 11.6. The number of halogens is 3. The predicted molar refractivity (Wildman–Crippen MR) is 61.8 cm³/mol. The molecule has 0 amide bonds. The van der Waals surface area contributed by atoms with Crippen LogP contribution >= 0.6 is 0 Å². The lowest BCUT2D eigenvalue weighted by molar-refractivity contribution is -0.137. The molecule has 2 nitrogen and oxygen atoms in total. The summed E-state index contributed by atoms with van der Waals surface area (Å²) in [4.78, 5) is 8.24. The fourth-order valence-corrected chi connectivity index (χ4v) is 1.49. The fourth-order valence-electron chi connectivity index (χ4n) is 1.49. The molecule has 0 spiro atoms. The van der Waals surface area contributed by atoms with E-state index in [1.165, 1.54) is 12.1 Å². The minimum absolute atomic E-state index is 0.431. The van der Waals surface area contributed by atoms with Gasteiger partial charge in [-0.1, -0.05) is 19.1 Å². The Morgan fingerprint density at radius 1 is 1.00 bits per heavy atom. The number of aromatic nitrogens is 2. The van der Waals surface area contributed by atoms with Gasteiger partial charge in [-0.3, -0.25) is 0 Å². The highest BCUT2D eigenvalue weighted by molar-refractivity contribution is 5.55. The monoisotopic (exact) mass is 252 g/mol. The summed E-state index contributed by atoms with van der Waals surface area (Å²) in [5.41, 5.74) is 0.896. The second-order valence-electron chi connectivity index (χ2n) is 3.84. The van der Waals surface area contributed by atoms with Gasteiger partial charge in [0.2, 0.25) is 0 Å².